The molecule has 1 aliphatic heterocycles. The van der Waals surface area contributed by atoms with E-state index in [0.29, 0.717) is 21.4 Å². The zero-order valence-electron chi connectivity index (χ0n) is 18.8. The number of pyridine rings is 1. The first kappa shape index (κ1) is 22.4. The molecule has 0 saturated heterocycles. The largest absolute Gasteiger partial charge is 0.493 e. The van der Waals surface area contributed by atoms with Crippen LogP contribution in [-0.2, 0) is 16.6 Å². The van der Waals surface area contributed by atoms with Crippen LogP contribution in [0.1, 0.15) is 5.69 Å². The van der Waals surface area contributed by atoms with Gasteiger partial charge in [0.2, 0.25) is 0 Å². The number of carbonyl (C=O) groups is 1. The Labute approximate surface area is 200 Å². The molecule has 2 aromatic carbocycles. The number of nitrogens with zero attached hydrogens (tertiary/aromatic N) is 4. The number of benzene rings is 2. The Bertz CT molecular complexity index is 1630. The molecule has 0 radical (unpaired) electrons. The number of sulfonamides is 1. The lowest BCUT2D eigenvalue weighted by molar-refractivity contribution is 0.253. The zero-order valence-corrected chi connectivity index (χ0v) is 19.6. The third kappa shape index (κ3) is 3.66. The van der Waals surface area contributed by atoms with Gasteiger partial charge in [-0.3, -0.25) is 14.1 Å². The fourth-order valence-electron chi connectivity index (χ4n) is 4.01. The quantitative estimate of drug-likeness (QED) is 0.421. The lowest BCUT2D eigenvalue weighted by Gasteiger charge is -2.36. The normalized spacial score (nSPS) is 14.6. The van der Waals surface area contributed by atoms with Crippen molar-refractivity contribution in [2.24, 2.45) is 0 Å². The molecule has 5 rings (SSSR count). The van der Waals surface area contributed by atoms with Crippen molar-refractivity contribution in [1.29, 1.82) is 0 Å². The molecular formula is C24H20N4O6S. The molecule has 4 aromatic rings. The van der Waals surface area contributed by atoms with E-state index in [-0.39, 0.29) is 34.1 Å². The van der Waals surface area contributed by atoms with Gasteiger partial charge in [0.15, 0.2) is 11.5 Å². The number of aromatic nitrogens is 2. The Hall–Kier alpha value is -4.38. The number of amides is 2. The molecule has 0 saturated carbocycles. The Morgan fingerprint density at radius 1 is 0.886 bits per heavy atom. The molecule has 2 amide bonds. The minimum Gasteiger partial charge on any atom is -0.493 e. The van der Waals surface area contributed by atoms with Gasteiger partial charge in [-0.2, -0.15) is 4.31 Å². The van der Waals surface area contributed by atoms with E-state index in [2.05, 4.69) is 4.98 Å². The van der Waals surface area contributed by atoms with Crippen molar-refractivity contribution in [2.45, 2.75) is 11.4 Å². The van der Waals surface area contributed by atoms with Gasteiger partial charge in [-0.05, 0) is 36.4 Å². The zero-order chi connectivity index (χ0) is 24.7. The van der Waals surface area contributed by atoms with Crippen LogP contribution in [0.4, 0.5) is 16.2 Å². The molecule has 0 bridgehead atoms. The second kappa shape index (κ2) is 8.44. The second-order valence-corrected chi connectivity index (χ2v) is 9.41. The van der Waals surface area contributed by atoms with Crippen molar-refractivity contribution < 1.29 is 22.7 Å². The van der Waals surface area contributed by atoms with E-state index >= 15 is 0 Å². The molecule has 3 heterocycles. The molecule has 178 valence electrons. The maximum absolute atomic E-state index is 13.7. The highest BCUT2D eigenvalue weighted by Gasteiger charge is 2.42. The summed E-state index contributed by atoms with van der Waals surface area (Å²) < 4.78 is 39.7. The summed E-state index contributed by atoms with van der Waals surface area (Å²) in [4.78, 5) is 32.0. The first-order valence-electron chi connectivity index (χ1n) is 10.5. The highest BCUT2D eigenvalue weighted by atomic mass is 32.2. The van der Waals surface area contributed by atoms with Gasteiger partial charge in [0.05, 0.1) is 37.8 Å². The maximum atomic E-state index is 13.7. The summed E-state index contributed by atoms with van der Waals surface area (Å²) in [5.74, 6) is 0.652. The van der Waals surface area contributed by atoms with Crippen molar-refractivity contribution in [3.8, 4) is 11.5 Å². The number of rotatable bonds is 5. The minimum atomic E-state index is -4.24. The molecule has 11 heteroatoms. The van der Waals surface area contributed by atoms with Crippen LogP contribution in [0.15, 0.2) is 82.6 Å². The fourth-order valence-corrected chi connectivity index (χ4v) is 5.60. The van der Waals surface area contributed by atoms with Gasteiger partial charge in [0, 0.05) is 18.3 Å². The highest BCUT2D eigenvalue weighted by Crippen LogP contribution is 2.40. The Morgan fingerprint density at radius 2 is 1.63 bits per heavy atom. The number of para-hydroxylation sites is 1. The molecule has 1 aliphatic rings. The van der Waals surface area contributed by atoms with E-state index in [1.54, 1.807) is 42.6 Å². The average molecular weight is 493 g/mol. The van der Waals surface area contributed by atoms with Gasteiger partial charge in [-0.1, -0.05) is 18.2 Å². The summed E-state index contributed by atoms with van der Waals surface area (Å²) in [6.45, 7) is -0.115. The predicted molar refractivity (Wildman–Crippen MR) is 129 cm³/mol. The molecule has 0 atom stereocenters. The molecule has 0 unspecified atom stereocenters. The van der Waals surface area contributed by atoms with Gasteiger partial charge >= 0.3 is 6.03 Å². The van der Waals surface area contributed by atoms with Crippen molar-refractivity contribution in [3.05, 3.63) is 89.0 Å². The van der Waals surface area contributed by atoms with Crippen molar-refractivity contribution in [3.63, 3.8) is 0 Å². The number of ether oxygens (including phenoxy) is 2. The molecule has 0 N–H and O–H groups in total. The van der Waals surface area contributed by atoms with E-state index in [0.717, 1.165) is 0 Å². The van der Waals surface area contributed by atoms with Gasteiger partial charge in [0.25, 0.3) is 15.6 Å². The summed E-state index contributed by atoms with van der Waals surface area (Å²) >= 11 is 0. The second-order valence-electron chi connectivity index (χ2n) is 7.66. The number of methoxy groups -OCH3 is 2. The number of urea groups is 1. The number of fused-ring (bicyclic) bond motifs is 2. The van der Waals surface area contributed by atoms with Gasteiger partial charge in [-0.25, -0.2) is 18.2 Å². The van der Waals surface area contributed by atoms with Crippen molar-refractivity contribution in [1.82, 2.24) is 9.38 Å². The predicted octanol–water partition coefficient (Wildman–Crippen LogP) is 3.05. The monoisotopic (exact) mass is 492 g/mol. The van der Waals surface area contributed by atoms with Gasteiger partial charge in [-0.15, -0.1) is 0 Å². The number of hydrogen-bond donors (Lipinski definition) is 0. The molecule has 0 fully saturated rings. The first-order valence-corrected chi connectivity index (χ1v) is 11.9. The van der Waals surface area contributed by atoms with E-state index in [1.165, 1.54) is 53.9 Å². The highest BCUT2D eigenvalue weighted by molar-refractivity contribution is 7.94. The molecule has 2 aromatic heterocycles. The Balaban J connectivity index is 1.65. The van der Waals surface area contributed by atoms with Gasteiger partial charge in [0.1, 0.15) is 10.5 Å². The first-order chi connectivity index (χ1) is 16.8. The fraction of sp³-hybridized carbons (Fsp3) is 0.125. The summed E-state index contributed by atoms with van der Waals surface area (Å²) in [6, 6.07) is 16.3. The number of carbonyl (C=O) groups excluding carboxylic acids is 1. The summed E-state index contributed by atoms with van der Waals surface area (Å²) in [5, 5.41) is 0. The van der Waals surface area contributed by atoms with Crippen molar-refractivity contribution in [2.75, 3.05) is 23.4 Å². The van der Waals surface area contributed by atoms with Crippen LogP contribution in [0.5, 0.6) is 11.5 Å². The SMILES string of the molecule is COc1ccc(N2C(=O)N(Cc3cc(=O)n4ccccc4n3)c3ccccc3S2(=O)=O)cc1OC. The molecule has 0 aliphatic carbocycles. The standard InChI is InChI=1S/C24H20N4O6S/c1-33-19-11-10-17(14-20(19)34-2)28-24(30)27(18-7-3-4-8-21(18)35(28,31)32)15-16-13-23(29)26-12-6-5-9-22(26)25-16/h3-14H,15H2,1-2H3. The third-order valence-electron chi connectivity index (χ3n) is 5.62. The van der Waals surface area contributed by atoms with E-state index in [9.17, 15) is 18.0 Å². The van der Waals surface area contributed by atoms with Crippen LogP contribution in [0.25, 0.3) is 5.65 Å². The number of anilines is 2. The summed E-state index contributed by atoms with van der Waals surface area (Å²) in [7, 11) is -1.37. The van der Waals surface area contributed by atoms with Gasteiger partial charge < -0.3 is 9.47 Å². The third-order valence-corrected chi connectivity index (χ3v) is 7.37. The topological polar surface area (TPSA) is 111 Å². The molecule has 10 nitrogen and oxygen atoms in total. The number of hydrogen-bond acceptors (Lipinski definition) is 7. The molecule has 0 spiro atoms. The van der Waals surface area contributed by atoms with E-state index < -0.39 is 16.1 Å². The Kier molecular flexibility index (Phi) is 5.40. The van der Waals surface area contributed by atoms with Crippen LogP contribution < -0.4 is 24.2 Å². The van der Waals surface area contributed by atoms with Crippen LogP contribution in [0, 0.1) is 0 Å². The Morgan fingerprint density at radius 3 is 2.40 bits per heavy atom. The minimum absolute atomic E-state index is 0.0492. The lowest BCUT2D eigenvalue weighted by atomic mass is 10.2. The van der Waals surface area contributed by atoms with Crippen LogP contribution >= 0.6 is 0 Å². The van der Waals surface area contributed by atoms with E-state index in [4.69, 9.17) is 9.47 Å². The van der Waals surface area contributed by atoms with Crippen LogP contribution in [0.3, 0.4) is 0 Å². The van der Waals surface area contributed by atoms with Crippen LogP contribution in [0.2, 0.25) is 0 Å². The molecular weight excluding hydrogens is 472 g/mol. The summed E-state index contributed by atoms with van der Waals surface area (Å²) in [5.41, 5.74) is 0.698. The smallest absolute Gasteiger partial charge is 0.343 e. The van der Waals surface area contributed by atoms with E-state index in [1.807, 2.05) is 0 Å². The maximum Gasteiger partial charge on any atom is 0.343 e. The summed E-state index contributed by atoms with van der Waals surface area (Å²) in [6.07, 6.45) is 1.60. The average Bonchev–Trinajstić information content (AvgIpc) is 2.86. The van der Waals surface area contributed by atoms with Crippen LogP contribution in [-0.4, -0.2) is 38.1 Å². The van der Waals surface area contributed by atoms with Crippen molar-refractivity contribution >= 4 is 33.1 Å². The lowest BCUT2D eigenvalue weighted by Crippen LogP contribution is -2.50. The molecule has 35 heavy (non-hydrogen) atoms.